The van der Waals surface area contributed by atoms with Crippen LogP contribution in [0.1, 0.15) is 17.5 Å². The van der Waals surface area contributed by atoms with Crippen LogP contribution in [0.4, 0.5) is 0 Å². The Hall–Kier alpha value is -1.27. The minimum absolute atomic E-state index is 0.937. The van der Waals surface area contributed by atoms with E-state index in [9.17, 15) is 0 Å². The largest absolute Gasteiger partial charge is 0.0834 e. The number of benzene rings is 1. The number of allylic oxidation sites excluding steroid dienone is 5. The summed E-state index contributed by atoms with van der Waals surface area (Å²) in [4.78, 5) is 0. The highest BCUT2D eigenvalue weighted by atomic mass is 35.5. The molecule has 0 unspecified atom stereocenters. The van der Waals surface area contributed by atoms with Crippen LogP contribution in [0.5, 0.6) is 0 Å². The van der Waals surface area contributed by atoms with E-state index in [0.29, 0.717) is 0 Å². The fraction of sp³-hybridized carbons (Fsp3) is 0.143. The number of rotatable bonds is 0. The maximum absolute atomic E-state index is 6.43. The minimum Gasteiger partial charge on any atom is -0.0834 e. The second-order valence-electron chi connectivity index (χ2n) is 3.95. The molecule has 0 N–H and O–H groups in total. The fourth-order valence-electron chi connectivity index (χ4n) is 2.25. The highest BCUT2D eigenvalue weighted by Crippen LogP contribution is 2.39. The lowest BCUT2D eigenvalue weighted by Gasteiger charge is -2.23. The third kappa shape index (κ3) is 1.37. The van der Waals surface area contributed by atoms with E-state index in [0.717, 1.165) is 17.9 Å². The zero-order valence-electron chi connectivity index (χ0n) is 8.33. The molecule has 1 heteroatoms. The molecule has 0 bridgehead atoms. The van der Waals surface area contributed by atoms with Crippen molar-refractivity contribution < 1.29 is 0 Å². The quantitative estimate of drug-likeness (QED) is 0.611. The van der Waals surface area contributed by atoms with Gasteiger partial charge in [0.25, 0.3) is 0 Å². The van der Waals surface area contributed by atoms with Gasteiger partial charge in [-0.25, -0.2) is 0 Å². The molecule has 0 aliphatic heterocycles. The lowest BCUT2D eigenvalue weighted by molar-refractivity contribution is 1.06. The maximum atomic E-state index is 6.43. The monoisotopic (exact) mass is 214 g/mol. The van der Waals surface area contributed by atoms with Crippen molar-refractivity contribution in [3.05, 3.63) is 64.8 Å². The van der Waals surface area contributed by atoms with Crippen LogP contribution in [0, 0.1) is 0 Å². The highest BCUT2D eigenvalue weighted by molar-refractivity contribution is 6.50. The zero-order chi connectivity index (χ0) is 10.3. The lowest BCUT2D eigenvalue weighted by atomic mass is 9.84. The molecule has 0 aromatic heterocycles. The van der Waals surface area contributed by atoms with Gasteiger partial charge in [-0.05, 0) is 35.1 Å². The topological polar surface area (TPSA) is 0 Å². The summed E-state index contributed by atoms with van der Waals surface area (Å²) in [7, 11) is 0. The van der Waals surface area contributed by atoms with Gasteiger partial charge < -0.3 is 0 Å². The molecule has 0 heterocycles. The third-order valence-electron chi connectivity index (χ3n) is 3.04. The average Bonchev–Trinajstić information content (AvgIpc) is 2.30. The van der Waals surface area contributed by atoms with Crippen LogP contribution in [0.25, 0.3) is 5.03 Å². The summed E-state index contributed by atoms with van der Waals surface area (Å²) >= 11 is 6.43. The first-order valence-electron chi connectivity index (χ1n) is 5.19. The second-order valence-corrected chi connectivity index (χ2v) is 4.33. The Morgan fingerprint density at radius 2 is 2.00 bits per heavy atom. The number of fused-ring (bicyclic) bond motifs is 2. The van der Waals surface area contributed by atoms with E-state index in [-0.39, 0.29) is 0 Å². The SMILES string of the molecule is ClC1=C2CC=CC=C2Cc2ccccc21. The molecule has 0 amide bonds. The fourth-order valence-corrected chi connectivity index (χ4v) is 2.64. The van der Waals surface area contributed by atoms with Crippen molar-refractivity contribution in [2.75, 3.05) is 0 Å². The van der Waals surface area contributed by atoms with Gasteiger partial charge >= 0.3 is 0 Å². The van der Waals surface area contributed by atoms with Gasteiger partial charge in [0, 0.05) is 0 Å². The molecule has 74 valence electrons. The Balaban J connectivity index is 2.23. The van der Waals surface area contributed by atoms with E-state index in [1.54, 1.807) is 0 Å². The Kier molecular flexibility index (Phi) is 2.03. The molecule has 15 heavy (non-hydrogen) atoms. The van der Waals surface area contributed by atoms with Crippen molar-refractivity contribution in [2.45, 2.75) is 12.8 Å². The number of hydrogen-bond acceptors (Lipinski definition) is 0. The van der Waals surface area contributed by atoms with Crippen molar-refractivity contribution in [3.8, 4) is 0 Å². The van der Waals surface area contributed by atoms with Crippen LogP contribution in [-0.2, 0) is 6.42 Å². The van der Waals surface area contributed by atoms with E-state index in [1.807, 2.05) is 0 Å². The molecule has 0 fully saturated rings. The van der Waals surface area contributed by atoms with E-state index < -0.39 is 0 Å². The Morgan fingerprint density at radius 3 is 2.93 bits per heavy atom. The van der Waals surface area contributed by atoms with Crippen LogP contribution >= 0.6 is 11.6 Å². The molecular formula is C14H11Cl. The Bertz CT molecular complexity index is 504. The summed E-state index contributed by atoms with van der Waals surface area (Å²) in [6, 6.07) is 8.40. The summed E-state index contributed by atoms with van der Waals surface area (Å²) in [5.41, 5.74) is 5.23. The van der Waals surface area contributed by atoms with Gasteiger partial charge in [-0.3, -0.25) is 0 Å². The van der Waals surface area contributed by atoms with Gasteiger partial charge in [0.2, 0.25) is 0 Å². The number of halogens is 1. The maximum Gasteiger partial charge on any atom is 0.0519 e. The first kappa shape index (κ1) is 8.99. The van der Waals surface area contributed by atoms with E-state index in [2.05, 4.69) is 42.5 Å². The summed E-state index contributed by atoms with van der Waals surface area (Å²) in [5, 5.41) is 0.937. The van der Waals surface area contributed by atoms with E-state index in [4.69, 9.17) is 11.6 Å². The molecule has 0 radical (unpaired) electrons. The predicted octanol–water partition coefficient (Wildman–Crippen LogP) is 4.08. The molecule has 1 aromatic rings. The van der Waals surface area contributed by atoms with Crippen LogP contribution in [-0.4, -0.2) is 0 Å². The molecule has 0 atom stereocenters. The summed E-state index contributed by atoms with van der Waals surface area (Å²) in [6.45, 7) is 0. The Morgan fingerprint density at radius 1 is 1.13 bits per heavy atom. The molecule has 0 saturated heterocycles. The number of hydrogen-bond donors (Lipinski definition) is 0. The Labute approximate surface area is 94.6 Å². The molecule has 0 spiro atoms. The first-order chi connectivity index (χ1) is 7.36. The summed E-state index contributed by atoms with van der Waals surface area (Å²) in [5.74, 6) is 0. The smallest absolute Gasteiger partial charge is 0.0519 e. The molecule has 2 aliphatic rings. The van der Waals surface area contributed by atoms with Gasteiger partial charge in [-0.2, -0.15) is 0 Å². The van der Waals surface area contributed by atoms with Gasteiger partial charge in [0.1, 0.15) is 0 Å². The van der Waals surface area contributed by atoms with E-state index >= 15 is 0 Å². The molecule has 3 rings (SSSR count). The molecule has 0 nitrogen and oxygen atoms in total. The molecule has 0 saturated carbocycles. The normalized spacial score (nSPS) is 18.3. The standard InChI is InChI=1S/C14H11Cl/c15-14-12-7-3-1-5-10(12)9-11-6-2-4-8-13(11)14/h1-7H,8-9H2. The van der Waals surface area contributed by atoms with Crippen molar-refractivity contribution in [1.82, 2.24) is 0 Å². The van der Waals surface area contributed by atoms with Gasteiger partial charge in [-0.1, -0.05) is 54.1 Å². The van der Waals surface area contributed by atoms with Crippen LogP contribution < -0.4 is 0 Å². The first-order valence-corrected chi connectivity index (χ1v) is 5.57. The molecular weight excluding hydrogens is 204 g/mol. The third-order valence-corrected chi connectivity index (χ3v) is 3.47. The van der Waals surface area contributed by atoms with Crippen molar-refractivity contribution in [3.63, 3.8) is 0 Å². The van der Waals surface area contributed by atoms with Crippen LogP contribution in [0.2, 0.25) is 0 Å². The van der Waals surface area contributed by atoms with E-state index in [1.165, 1.54) is 22.3 Å². The van der Waals surface area contributed by atoms with Crippen molar-refractivity contribution in [2.24, 2.45) is 0 Å². The minimum atomic E-state index is 0.937. The van der Waals surface area contributed by atoms with Gasteiger partial charge in [0.15, 0.2) is 0 Å². The molecule has 1 aromatic carbocycles. The van der Waals surface area contributed by atoms with Crippen molar-refractivity contribution >= 4 is 16.6 Å². The summed E-state index contributed by atoms with van der Waals surface area (Å²) < 4.78 is 0. The van der Waals surface area contributed by atoms with Gasteiger partial charge in [-0.15, -0.1) is 0 Å². The zero-order valence-corrected chi connectivity index (χ0v) is 9.09. The van der Waals surface area contributed by atoms with Crippen LogP contribution in [0.15, 0.2) is 53.6 Å². The lowest BCUT2D eigenvalue weighted by Crippen LogP contribution is -2.07. The average molecular weight is 215 g/mol. The predicted molar refractivity (Wildman–Crippen MR) is 64.8 cm³/mol. The highest BCUT2D eigenvalue weighted by Gasteiger charge is 2.20. The van der Waals surface area contributed by atoms with Gasteiger partial charge in [0.05, 0.1) is 5.03 Å². The van der Waals surface area contributed by atoms with Crippen LogP contribution in [0.3, 0.4) is 0 Å². The second kappa shape index (κ2) is 3.39. The summed E-state index contributed by atoms with van der Waals surface area (Å²) in [6.07, 6.45) is 8.45. The van der Waals surface area contributed by atoms with Crippen molar-refractivity contribution in [1.29, 1.82) is 0 Å². The molecule has 2 aliphatic carbocycles.